The molecule has 0 saturated carbocycles. The van der Waals surface area contributed by atoms with Crippen molar-refractivity contribution in [2.75, 3.05) is 19.6 Å². The van der Waals surface area contributed by atoms with Crippen molar-refractivity contribution < 1.29 is 0 Å². The molecule has 1 aromatic carbocycles. The maximum absolute atomic E-state index is 4.80. The van der Waals surface area contributed by atoms with Crippen LogP contribution in [0.5, 0.6) is 0 Å². The molecule has 7 heteroatoms. The van der Waals surface area contributed by atoms with Crippen molar-refractivity contribution >= 4 is 41.3 Å². The predicted molar refractivity (Wildman–Crippen MR) is 139 cm³/mol. The molecule has 3 rings (SSSR count). The van der Waals surface area contributed by atoms with E-state index < -0.39 is 0 Å². The first kappa shape index (κ1) is 25.1. The van der Waals surface area contributed by atoms with Gasteiger partial charge in [0.25, 0.3) is 0 Å². The molecule has 2 aromatic rings. The van der Waals surface area contributed by atoms with Gasteiger partial charge in [-0.15, -0.1) is 35.3 Å². The molecule has 166 valence electrons. The zero-order chi connectivity index (χ0) is 20.5. The Balaban J connectivity index is 0.00000320. The molecule has 30 heavy (non-hydrogen) atoms. The van der Waals surface area contributed by atoms with Gasteiger partial charge in [0.15, 0.2) is 5.96 Å². The zero-order valence-electron chi connectivity index (χ0n) is 18.4. The highest BCUT2D eigenvalue weighted by molar-refractivity contribution is 14.0. The normalized spacial score (nSPS) is 19.9. The molecule has 2 atom stereocenters. The average molecular weight is 542 g/mol. The van der Waals surface area contributed by atoms with Gasteiger partial charge in [-0.25, -0.2) is 4.98 Å². The van der Waals surface area contributed by atoms with Crippen molar-refractivity contribution in [3.8, 4) is 0 Å². The van der Waals surface area contributed by atoms with Gasteiger partial charge >= 0.3 is 0 Å². The number of aliphatic imine (C=N–C) groups is 1. The molecule has 5 nitrogen and oxygen atoms in total. The van der Waals surface area contributed by atoms with E-state index >= 15 is 0 Å². The Morgan fingerprint density at radius 2 is 2.10 bits per heavy atom. The van der Waals surface area contributed by atoms with E-state index in [1.165, 1.54) is 10.6 Å². The van der Waals surface area contributed by atoms with Gasteiger partial charge in [-0.05, 0) is 45.6 Å². The quantitative estimate of drug-likeness (QED) is 0.222. The van der Waals surface area contributed by atoms with Gasteiger partial charge in [0.05, 0.1) is 5.01 Å². The smallest absolute Gasteiger partial charge is 0.191 e. The fraction of sp³-hybridized carbons (Fsp3) is 0.565. The number of piperidine rings is 1. The van der Waals surface area contributed by atoms with Crippen LogP contribution in [-0.2, 0) is 13.0 Å². The molecule has 2 N–H and O–H groups in total. The number of nitrogens with zero attached hydrogens (tertiary/aromatic N) is 3. The maximum Gasteiger partial charge on any atom is 0.191 e. The van der Waals surface area contributed by atoms with Crippen molar-refractivity contribution in [2.24, 2.45) is 4.99 Å². The number of aryl methyl sites for hydroxylation is 2. The van der Waals surface area contributed by atoms with Crippen LogP contribution in [0.15, 0.2) is 40.7 Å². The van der Waals surface area contributed by atoms with Crippen molar-refractivity contribution in [1.82, 2.24) is 20.5 Å². The standard InChI is InChI=1S/C23H35N5S.HI/c1-4-24-23(25-13-8-11-22-26-18(2)17-29-22)27-21-12-14-28(19(3)15-21)16-20-9-6-5-7-10-20;/h5-7,9-10,17,19,21H,4,8,11-16H2,1-3H3,(H2,24,25,27);1H. The summed E-state index contributed by atoms with van der Waals surface area (Å²) in [5.74, 6) is 0.955. The molecule has 0 amide bonds. The fourth-order valence-corrected chi connectivity index (χ4v) is 4.67. The van der Waals surface area contributed by atoms with Crippen LogP contribution < -0.4 is 10.6 Å². The first-order valence-corrected chi connectivity index (χ1v) is 11.8. The van der Waals surface area contributed by atoms with E-state index in [0.29, 0.717) is 12.1 Å². The number of aromatic nitrogens is 1. The number of halogens is 1. The van der Waals surface area contributed by atoms with Crippen molar-refractivity contribution in [1.29, 1.82) is 0 Å². The Bertz CT molecular complexity index is 764. The van der Waals surface area contributed by atoms with Crippen LogP contribution in [0.4, 0.5) is 0 Å². The summed E-state index contributed by atoms with van der Waals surface area (Å²) < 4.78 is 0. The fourth-order valence-electron chi connectivity index (χ4n) is 3.86. The highest BCUT2D eigenvalue weighted by atomic mass is 127. The van der Waals surface area contributed by atoms with Gasteiger partial charge < -0.3 is 10.6 Å². The van der Waals surface area contributed by atoms with Gasteiger partial charge in [-0.3, -0.25) is 9.89 Å². The Morgan fingerprint density at radius 1 is 1.30 bits per heavy atom. The Hall–Kier alpha value is -1.19. The van der Waals surface area contributed by atoms with Crippen LogP contribution in [0.25, 0.3) is 0 Å². The molecule has 1 saturated heterocycles. The summed E-state index contributed by atoms with van der Waals surface area (Å²) in [6, 6.07) is 11.8. The van der Waals surface area contributed by atoms with E-state index in [1.54, 1.807) is 11.3 Å². The largest absolute Gasteiger partial charge is 0.357 e. The Morgan fingerprint density at radius 3 is 2.77 bits per heavy atom. The third-order valence-corrected chi connectivity index (χ3v) is 6.44. The van der Waals surface area contributed by atoms with E-state index in [0.717, 1.165) is 63.5 Å². The number of hydrogen-bond donors (Lipinski definition) is 2. The molecule has 1 aliphatic heterocycles. The third kappa shape index (κ3) is 8.15. The van der Waals surface area contributed by atoms with Crippen molar-refractivity contribution in [2.45, 2.75) is 65.1 Å². The Kier molecular flexibility index (Phi) is 11.1. The molecule has 0 aliphatic carbocycles. The first-order valence-electron chi connectivity index (χ1n) is 10.9. The summed E-state index contributed by atoms with van der Waals surface area (Å²) in [7, 11) is 0. The molecule has 1 fully saturated rings. The van der Waals surface area contributed by atoms with Crippen LogP contribution in [0, 0.1) is 6.92 Å². The summed E-state index contributed by atoms with van der Waals surface area (Å²) in [4.78, 5) is 11.9. The molecule has 0 bridgehead atoms. The number of thiazole rings is 1. The Labute approximate surface area is 202 Å². The number of benzene rings is 1. The molecule has 0 spiro atoms. The van der Waals surface area contributed by atoms with E-state index in [4.69, 9.17) is 4.99 Å². The molecule has 2 heterocycles. The maximum atomic E-state index is 4.80. The third-order valence-electron chi connectivity index (χ3n) is 5.41. The lowest BCUT2D eigenvalue weighted by atomic mass is 9.97. The van der Waals surface area contributed by atoms with Gasteiger partial charge in [0.1, 0.15) is 0 Å². The minimum Gasteiger partial charge on any atom is -0.357 e. The summed E-state index contributed by atoms with van der Waals surface area (Å²) in [6.07, 6.45) is 4.35. The molecule has 1 aromatic heterocycles. The van der Waals surface area contributed by atoms with Crippen LogP contribution >= 0.6 is 35.3 Å². The number of likely N-dealkylation sites (tertiary alicyclic amines) is 1. The zero-order valence-corrected chi connectivity index (χ0v) is 21.6. The molecule has 2 unspecified atom stereocenters. The van der Waals surface area contributed by atoms with E-state index in [-0.39, 0.29) is 24.0 Å². The summed E-state index contributed by atoms with van der Waals surface area (Å²) in [5, 5.41) is 10.4. The number of hydrogen-bond acceptors (Lipinski definition) is 4. The average Bonchev–Trinajstić information content (AvgIpc) is 3.13. The van der Waals surface area contributed by atoms with Gasteiger partial charge in [0, 0.05) is 55.8 Å². The molecular formula is C23H36IN5S. The lowest BCUT2D eigenvalue weighted by Crippen LogP contribution is -2.51. The lowest BCUT2D eigenvalue weighted by Gasteiger charge is -2.38. The minimum absolute atomic E-state index is 0. The topological polar surface area (TPSA) is 52.6 Å². The first-order chi connectivity index (χ1) is 14.1. The summed E-state index contributed by atoms with van der Waals surface area (Å²) in [6.45, 7) is 10.4. The van der Waals surface area contributed by atoms with Crippen LogP contribution in [0.2, 0.25) is 0 Å². The van der Waals surface area contributed by atoms with Crippen LogP contribution in [0.3, 0.4) is 0 Å². The van der Waals surface area contributed by atoms with E-state index in [9.17, 15) is 0 Å². The van der Waals surface area contributed by atoms with E-state index in [1.807, 2.05) is 0 Å². The highest BCUT2D eigenvalue weighted by Gasteiger charge is 2.25. The molecule has 1 aliphatic rings. The van der Waals surface area contributed by atoms with E-state index in [2.05, 4.69) is 77.0 Å². The van der Waals surface area contributed by atoms with Crippen LogP contribution in [0.1, 0.15) is 49.4 Å². The lowest BCUT2D eigenvalue weighted by molar-refractivity contribution is 0.134. The monoisotopic (exact) mass is 541 g/mol. The number of rotatable bonds is 8. The summed E-state index contributed by atoms with van der Waals surface area (Å²) >= 11 is 1.75. The minimum atomic E-state index is 0. The second kappa shape index (κ2) is 13.3. The second-order valence-electron chi connectivity index (χ2n) is 7.92. The molecular weight excluding hydrogens is 505 g/mol. The van der Waals surface area contributed by atoms with Crippen molar-refractivity contribution in [3.63, 3.8) is 0 Å². The van der Waals surface area contributed by atoms with Crippen molar-refractivity contribution in [3.05, 3.63) is 52.0 Å². The SMILES string of the molecule is CCNC(=NCCCc1nc(C)cs1)NC1CCN(Cc2ccccc2)C(C)C1.I. The predicted octanol–water partition coefficient (Wildman–Crippen LogP) is 4.61. The molecule has 0 radical (unpaired) electrons. The van der Waals surface area contributed by atoms with Gasteiger partial charge in [0.2, 0.25) is 0 Å². The highest BCUT2D eigenvalue weighted by Crippen LogP contribution is 2.20. The summed E-state index contributed by atoms with van der Waals surface area (Å²) in [5.41, 5.74) is 2.52. The van der Waals surface area contributed by atoms with Gasteiger partial charge in [-0.2, -0.15) is 0 Å². The number of guanidine groups is 1. The van der Waals surface area contributed by atoms with Crippen LogP contribution in [-0.4, -0.2) is 47.6 Å². The number of nitrogens with one attached hydrogen (secondary N) is 2. The van der Waals surface area contributed by atoms with Gasteiger partial charge in [-0.1, -0.05) is 30.3 Å². The second-order valence-corrected chi connectivity index (χ2v) is 8.86.